The molecule has 0 spiro atoms. The largest absolute Gasteiger partial charge is 0.504 e. The first kappa shape index (κ1) is 30.6. The van der Waals surface area contributed by atoms with Crippen LogP contribution < -0.4 is 4.74 Å². The Bertz CT molecular complexity index is 1630. The molecule has 0 amide bonds. The van der Waals surface area contributed by atoms with Crippen molar-refractivity contribution in [3.8, 4) is 17.2 Å². The van der Waals surface area contributed by atoms with Crippen molar-refractivity contribution in [3.63, 3.8) is 0 Å². The Morgan fingerprint density at radius 2 is 1.19 bits per heavy atom. The van der Waals surface area contributed by atoms with Gasteiger partial charge in [-0.05, 0) is 42.8 Å². The molecule has 9 heteroatoms. The van der Waals surface area contributed by atoms with E-state index in [1.54, 1.807) is 36.4 Å². The average Bonchev–Trinajstić information content (AvgIpc) is 3.03. The third-order valence-corrected chi connectivity index (χ3v) is 6.64. The predicted octanol–water partition coefficient (Wildman–Crippen LogP) is 6.66. The highest BCUT2D eigenvalue weighted by atomic mass is 19.1. The molecule has 8 nitrogen and oxygen atoms in total. The van der Waals surface area contributed by atoms with Gasteiger partial charge in [-0.15, -0.1) is 0 Å². The molecule has 0 bridgehead atoms. The molecule has 4 rings (SSSR count). The van der Waals surface area contributed by atoms with E-state index >= 15 is 0 Å². The van der Waals surface area contributed by atoms with Gasteiger partial charge in [0, 0.05) is 11.1 Å². The summed E-state index contributed by atoms with van der Waals surface area (Å²) in [4.78, 5) is 54.5. The van der Waals surface area contributed by atoms with Crippen LogP contribution in [0, 0.1) is 5.82 Å². The van der Waals surface area contributed by atoms with Crippen molar-refractivity contribution in [2.75, 3.05) is 6.61 Å². The van der Waals surface area contributed by atoms with Crippen LogP contribution in [0.5, 0.6) is 17.2 Å². The molecule has 0 unspecified atom stereocenters. The summed E-state index contributed by atoms with van der Waals surface area (Å²) in [6.45, 7) is 1.95. The lowest BCUT2D eigenvalue weighted by Gasteiger charge is -2.20. The summed E-state index contributed by atoms with van der Waals surface area (Å²) in [6, 6.07) is 19.5. The quantitative estimate of drug-likeness (QED) is 0.0623. The van der Waals surface area contributed by atoms with Crippen LogP contribution in [-0.2, 0) is 4.74 Å². The Balaban J connectivity index is 1.97. The van der Waals surface area contributed by atoms with Gasteiger partial charge >= 0.3 is 11.9 Å². The maximum atomic E-state index is 14.0. The number of carbonyl (C=O) groups excluding carboxylic acids is 4. The molecule has 0 aromatic heterocycles. The minimum Gasteiger partial charge on any atom is -0.504 e. The zero-order chi connectivity index (χ0) is 30.9. The van der Waals surface area contributed by atoms with Gasteiger partial charge < -0.3 is 19.7 Å². The number of hydrogen-bond donors (Lipinski definition) is 2. The summed E-state index contributed by atoms with van der Waals surface area (Å²) in [5.41, 5.74) is -2.21. The van der Waals surface area contributed by atoms with Crippen molar-refractivity contribution in [1.29, 1.82) is 0 Å². The van der Waals surface area contributed by atoms with Gasteiger partial charge in [-0.2, -0.15) is 0 Å². The smallest absolute Gasteiger partial charge is 0.343 e. The fraction of sp³-hybridized carbons (Fsp3) is 0.176. The highest BCUT2D eigenvalue weighted by Crippen LogP contribution is 2.46. The SMILES string of the molecule is CCCCCCOC(=O)c1c(C(=O)c2ccccc2)c(O)c(O)c(OC(=O)c2ccccc2)c1C(=O)c1ccc(F)cc1. The van der Waals surface area contributed by atoms with Gasteiger partial charge in [-0.1, -0.05) is 74.7 Å². The Morgan fingerprint density at radius 3 is 1.79 bits per heavy atom. The van der Waals surface area contributed by atoms with Gasteiger partial charge in [-0.25, -0.2) is 14.0 Å². The van der Waals surface area contributed by atoms with E-state index in [-0.39, 0.29) is 23.3 Å². The van der Waals surface area contributed by atoms with Crippen LogP contribution >= 0.6 is 0 Å². The maximum absolute atomic E-state index is 14.0. The summed E-state index contributed by atoms with van der Waals surface area (Å²) >= 11 is 0. The molecule has 0 radical (unpaired) electrons. The summed E-state index contributed by atoms with van der Waals surface area (Å²) in [5.74, 6) is -7.79. The number of rotatable bonds is 12. The summed E-state index contributed by atoms with van der Waals surface area (Å²) in [5, 5.41) is 22.3. The second-order valence-electron chi connectivity index (χ2n) is 9.63. The third-order valence-electron chi connectivity index (χ3n) is 6.64. The number of ether oxygens (including phenoxy) is 2. The molecule has 220 valence electrons. The lowest BCUT2D eigenvalue weighted by molar-refractivity contribution is 0.0489. The monoisotopic (exact) mass is 584 g/mol. The number of hydrogen-bond acceptors (Lipinski definition) is 8. The maximum Gasteiger partial charge on any atom is 0.343 e. The number of carbonyl (C=O) groups is 4. The zero-order valence-corrected chi connectivity index (χ0v) is 23.3. The van der Waals surface area contributed by atoms with Crippen LogP contribution in [-0.4, -0.2) is 40.3 Å². The van der Waals surface area contributed by atoms with Gasteiger partial charge in [0.1, 0.15) is 5.82 Å². The summed E-state index contributed by atoms with van der Waals surface area (Å²) in [7, 11) is 0. The number of esters is 2. The highest BCUT2D eigenvalue weighted by Gasteiger charge is 2.37. The number of ketones is 2. The van der Waals surface area contributed by atoms with Gasteiger partial charge in [0.2, 0.25) is 5.75 Å². The predicted molar refractivity (Wildman–Crippen MR) is 155 cm³/mol. The van der Waals surface area contributed by atoms with E-state index in [2.05, 4.69) is 0 Å². The molecule has 0 aliphatic carbocycles. The van der Waals surface area contributed by atoms with E-state index in [0.717, 1.165) is 43.5 Å². The number of phenolic OH excluding ortho intramolecular Hbond substituents is 2. The van der Waals surface area contributed by atoms with Gasteiger partial charge in [0.15, 0.2) is 23.1 Å². The number of aromatic hydroxyl groups is 2. The Labute approximate surface area is 247 Å². The van der Waals surface area contributed by atoms with Gasteiger partial charge in [0.05, 0.1) is 28.9 Å². The van der Waals surface area contributed by atoms with E-state index in [1.165, 1.54) is 24.3 Å². The molecule has 0 saturated carbocycles. The molecule has 0 aliphatic heterocycles. The topological polar surface area (TPSA) is 127 Å². The molecule has 0 saturated heterocycles. The van der Waals surface area contributed by atoms with E-state index < -0.39 is 63.3 Å². The Hall–Kier alpha value is -5.31. The minimum absolute atomic E-state index is 0.0309. The van der Waals surface area contributed by atoms with E-state index in [0.29, 0.717) is 6.42 Å². The Morgan fingerprint density at radius 1 is 0.628 bits per heavy atom. The van der Waals surface area contributed by atoms with Crippen LogP contribution in [0.4, 0.5) is 4.39 Å². The second-order valence-corrected chi connectivity index (χ2v) is 9.63. The van der Waals surface area contributed by atoms with Crippen molar-refractivity contribution in [2.45, 2.75) is 32.6 Å². The van der Waals surface area contributed by atoms with E-state index in [4.69, 9.17) is 9.47 Å². The zero-order valence-electron chi connectivity index (χ0n) is 23.3. The fourth-order valence-electron chi connectivity index (χ4n) is 4.41. The molecule has 4 aromatic carbocycles. The lowest BCUT2D eigenvalue weighted by atomic mass is 9.88. The van der Waals surface area contributed by atoms with Gasteiger partial charge in [-0.3, -0.25) is 9.59 Å². The molecule has 0 heterocycles. The van der Waals surface area contributed by atoms with Crippen molar-refractivity contribution < 1.29 is 43.3 Å². The molecule has 0 aliphatic rings. The molecule has 2 N–H and O–H groups in total. The first-order valence-corrected chi connectivity index (χ1v) is 13.7. The Kier molecular flexibility index (Phi) is 10.0. The third kappa shape index (κ3) is 6.95. The van der Waals surface area contributed by atoms with Crippen molar-refractivity contribution in [3.05, 3.63) is 124 Å². The van der Waals surface area contributed by atoms with Crippen molar-refractivity contribution >= 4 is 23.5 Å². The molecule has 4 aromatic rings. The molecular weight excluding hydrogens is 555 g/mol. The van der Waals surface area contributed by atoms with E-state index in [9.17, 15) is 33.8 Å². The molecule has 43 heavy (non-hydrogen) atoms. The van der Waals surface area contributed by atoms with Gasteiger partial charge in [0.25, 0.3) is 0 Å². The minimum atomic E-state index is -1.16. The van der Waals surface area contributed by atoms with Crippen LogP contribution in [0.1, 0.15) is 85.2 Å². The van der Waals surface area contributed by atoms with Crippen molar-refractivity contribution in [1.82, 2.24) is 0 Å². The summed E-state index contributed by atoms with van der Waals surface area (Å²) in [6.07, 6.45) is 3.07. The normalized spacial score (nSPS) is 10.7. The number of benzene rings is 4. The number of unbranched alkanes of at least 4 members (excludes halogenated alkanes) is 3. The first-order chi connectivity index (χ1) is 20.7. The van der Waals surface area contributed by atoms with Crippen LogP contribution in [0.2, 0.25) is 0 Å². The van der Waals surface area contributed by atoms with Crippen LogP contribution in [0.15, 0.2) is 84.9 Å². The van der Waals surface area contributed by atoms with Crippen molar-refractivity contribution in [2.24, 2.45) is 0 Å². The fourth-order valence-corrected chi connectivity index (χ4v) is 4.41. The highest BCUT2D eigenvalue weighted by molar-refractivity contribution is 6.24. The van der Waals surface area contributed by atoms with Crippen LogP contribution in [0.25, 0.3) is 0 Å². The average molecular weight is 585 g/mol. The van der Waals surface area contributed by atoms with E-state index in [1.807, 2.05) is 6.92 Å². The number of phenols is 2. The lowest BCUT2D eigenvalue weighted by Crippen LogP contribution is -2.22. The summed E-state index contributed by atoms with van der Waals surface area (Å²) < 4.78 is 24.6. The molecular formula is C34H29FO8. The second kappa shape index (κ2) is 14.0. The molecule has 0 fully saturated rings. The first-order valence-electron chi connectivity index (χ1n) is 13.7. The molecule has 0 atom stereocenters. The van der Waals surface area contributed by atoms with Crippen LogP contribution in [0.3, 0.4) is 0 Å². The standard InChI is InChI=1S/C34H29FO8/c1-2-3-4-11-20-42-34(41)25-26(28(36)21-12-7-5-8-13-21)30(38)31(39)32(43-33(40)23-14-9-6-10-15-23)27(25)29(37)22-16-18-24(35)19-17-22/h5-10,12-19,38-39H,2-4,11,20H2,1H3. The number of halogens is 1.